The minimum atomic E-state index is -2.07. The molecule has 0 aliphatic carbocycles. The molecule has 0 spiro atoms. The molecule has 9 rings (SSSR count). The predicted octanol–water partition coefficient (Wildman–Crippen LogP) is 9.23. The quantitative estimate of drug-likeness (QED) is 0.154. The van der Waals surface area contributed by atoms with E-state index in [1.54, 1.807) is 0 Å². The van der Waals surface area contributed by atoms with Crippen molar-refractivity contribution in [3.8, 4) is 33.6 Å². The largest absolute Gasteiger partial charge is 0.248 e. The first-order valence-corrected chi connectivity index (χ1v) is 17.9. The van der Waals surface area contributed by atoms with E-state index >= 15 is 0 Å². The van der Waals surface area contributed by atoms with Gasteiger partial charge in [-0.05, 0) is 67.3 Å². The highest BCUT2D eigenvalue weighted by molar-refractivity contribution is 7.05. The number of fused-ring (bicyclic) bond motifs is 8. The molecule has 0 unspecified atom stereocenters. The lowest BCUT2D eigenvalue weighted by Crippen LogP contribution is -2.49. The molecule has 2 nitrogen and oxygen atoms in total. The Labute approximate surface area is 251 Å². The van der Waals surface area contributed by atoms with E-state index < -0.39 is 8.07 Å². The molecule has 0 atom stereocenters. The van der Waals surface area contributed by atoms with Crippen molar-refractivity contribution >= 4 is 61.8 Å². The Morgan fingerprint density at radius 2 is 1.00 bits per heavy atom. The molecule has 0 fully saturated rings. The van der Waals surface area contributed by atoms with Crippen molar-refractivity contribution in [3.05, 3.63) is 133 Å². The summed E-state index contributed by atoms with van der Waals surface area (Å²) in [5.41, 5.74) is 9.24. The molecule has 0 amide bonds. The van der Waals surface area contributed by atoms with Gasteiger partial charge < -0.3 is 0 Å². The second-order valence-corrected chi connectivity index (χ2v) is 16.4. The van der Waals surface area contributed by atoms with Crippen LogP contribution in [0.3, 0.4) is 0 Å². The number of aromatic nitrogens is 2. The smallest absolute Gasteiger partial charge is 0.114 e. The molecule has 0 saturated heterocycles. The fourth-order valence-electron chi connectivity index (χ4n) is 7.49. The predicted molar refractivity (Wildman–Crippen MR) is 185 cm³/mol. The van der Waals surface area contributed by atoms with Gasteiger partial charge in [-0.25, -0.2) is 9.97 Å². The van der Waals surface area contributed by atoms with Gasteiger partial charge in [0.25, 0.3) is 0 Å². The maximum absolute atomic E-state index is 5.31. The zero-order chi connectivity index (χ0) is 28.7. The fourth-order valence-corrected chi connectivity index (χ4v) is 10.9. The summed E-state index contributed by atoms with van der Waals surface area (Å²) in [6, 6.07) is 48.3. The molecule has 1 aliphatic heterocycles. The Kier molecular flexibility index (Phi) is 5.09. The van der Waals surface area contributed by atoms with Crippen LogP contribution in [-0.4, -0.2) is 18.0 Å². The number of nitrogens with zero attached hydrogens (tertiary/aromatic N) is 2. The molecule has 43 heavy (non-hydrogen) atoms. The van der Waals surface area contributed by atoms with Gasteiger partial charge in [0.1, 0.15) is 8.07 Å². The number of hydrogen-bond acceptors (Lipinski definition) is 2. The standard InChI is InChI=1S/C40H28N2Si/c1-43(2)36-18-10-7-13-27(36)30-21-22-31-37(34-23-19-25-11-3-8-16-32(25)41-34)28-14-5-6-15-29(28)38(39(31)40(30)43)35-24-20-26-12-4-9-17-33(26)42-35/h3-24H,1-2H3. The summed E-state index contributed by atoms with van der Waals surface area (Å²) in [5, 5.41) is 10.3. The number of rotatable bonds is 2. The van der Waals surface area contributed by atoms with Crippen molar-refractivity contribution in [2.75, 3.05) is 0 Å². The van der Waals surface area contributed by atoms with Gasteiger partial charge in [0.05, 0.1) is 22.4 Å². The van der Waals surface area contributed by atoms with E-state index in [-0.39, 0.29) is 0 Å². The van der Waals surface area contributed by atoms with Gasteiger partial charge in [-0.2, -0.15) is 0 Å². The Morgan fingerprint density at radius 1 is 0.442 bits per heavy atom. The second-order valence-electron chi connectivity index (χ2n) is 12.2. The highest BCUT2D eigenvalue weighted by Crippen LogP contribution is 2.45. The summed E-state index contributed by atoms with van der Waals surface area (Å²) in [6.07, 6.45) is 0. The lowest BCUT2D eigenvalue weighted by atomic mass is 9.87. The van der Waals surface area contributed by atoms with Crippen molar-refractivity contribution in [2.45, 2.75) is 13.1 Å². The lowest BCUT2D eigenvalue weighted by Gasteiger charge is -2.25. The molecule has 0 bridgehead atoms. The van der Waals surface area contributed by atoms with Gasteiger partial charge in [0, 0.05) is 21.9 Å². The molecule has 202 valence electrons. The van der Waals surface area contributed by atoms with Crippen LogP contribution in [-0.2, 0) is 0 Å². The summed E-state index contributed by atoms with van der Waals surface area (Å²) in [7, 11) is -2.07. The Balaban J connectivity index is 1.50. The van der Waals surface area contributed by atoms with Crippen molar-refractivity contribution < 1.29 is 0 Å². The molecule has 1 aliphatic rings. The highest BCUT2D eigenvalue weighted by Gasteiger charge is 2.40. The third-order valence-electron chi connectivity index (χ3n) is 9.42. The van der Waals surface area contributed by atoms with E-state index in [1.807, 2.05) is 0 Å². The van der Waals surface area contributed by atoms with E-state index in [0.717, 1.165) is 33.2 Å². The SMILES string of the molecule is C[Si]1(C)c2ccccc2-c2ccc3c(-c4ccc5ccccc5n4)c4ccccc4c(-c4ccc5ccccc5n4)c3c21. The summed E-state index contributed by atoms with van der Waals surface area (Å²) in [6.45, 7) is 5.02. The zero-order valence-corrected chi connectivity index (χ0v) is 25.1. The van der Waals surface area contributed by atoms with Crippen molar-refractivity contribution in [1.82, 2.24) is 9.97 Å². The third kappa shape index (κ3) is 3.46. The lowest BCUT2D eigenvalue weighted by molar-refractivity contribution is 1.41. The molecule has 0 N–H and O–H groups in total. The van der Waals surface area contributed by atoms with Crippen molar-refractivity contribution in [2.24, 2.45) is 0 Å². The number of pyridine rings is 2. The minimum absolute atomic E-state index is 1.01. The number of hydrogen-bond donors (Lipinski definition) is 0. The maximum Gasteiger partial charge on any atom is 0.114 e. The minimum Gasteiger partial charge on any atom is -0.248 e. The van der Waals surface area contributed by atoms with Crippen LogP contribution in [0.5, 0.6) is 0 Å². The molecule has 0 radical (unpaired) electrons. The summed E-state index contributed by atoms with van der Waals surface area (Å²) < 4.78 is 0. The van der Waals surface area contributed by atoms with E-state index in [0.29, 0.717) is 0 Å². The first-order chi connectivity index (χ1) is 21.1. The molecular formula is C40H28N2Si. The second kappa shape index (κ2) is 8.94. The van der Waals surface area contributed by atoms with Crippen LogP contribution in [0.1, 0.15) is 0 Å². The van der Waals surface area contributed by atoms with E-state index in [1.165, 1.54) is 54.2 Å². The molecule has 8 aromatic rings. The van der Waals surface area contributed by atoms with E-state index in [2.05, 4.69) is 147 Å². The average Bonchev–Trinajstić information content (AvgIpc) is 3.29. The Hall–Kier alpha value is -5.12. The van der Waals surface area contributed by atoms with Crippen LogP contribution in [0.4, 0.5) is 0 Å². The molecular weight excluding hydrogens is 537 g/mol. The molecule has 3 heteroatoms. The maximum atomic E-state index is 5.31. The van der Waals surface area contributed by atoms with Crippen LogP contribution in [0.15, 0.2) is 133 Å². The highest BCUT2D eigenvalue weighted by atomic mass is 28.3. The van der Waals surface area contributed by atoms with E-state index in [4.69, 9.17) is 9.97 Å². The number of para-hydroxylation sites is 2. The fraction of sp³-hybridized carbons (Fsp3) is 0.0500. The van der Waals surface area contributed by atoms with Gasteiger partial charge in [-0.3, -0.25) is 0 Å². The first-order valence-electron chi connectivity index (χ1n) is 14.9. The van der Waals surface area contributed by atoms with Crippen molar-refractivity contribution in [1.29, 1.82) is 0 Å². The van der Waals surface area contributed by atoms with Crippen LogP contribution < -0.4 is 10.4 Å². The normalized spacial score (nSPS) is 13.5. The zero-order valence-electron chi connectivity index (χ0n) is 24.1. The van der Waals surface area contributed by atoms with Gasteiger partial charge in [-0.15, -0.1) is 0 Å². The van der Waals surface area contributed by atoms with Gasteiger partial charge in [0.15, 0.2) is 0 Å². The molecule has 0 saturated carbocycles. The average molecular weight is 565 g/mol. The van der Waals surface area contributed by atoms with Gasteiger partial charge >= 0.3 is 0 Å². The third-order valence-corrected chi connectivity index (χ3v) is 13.0. The molecule has 2 aromatic heterocycles. The monoisotopic (exact) mass is 564 g/mol. The van der Waals surface area contributed by atoms with Crippen LogP contribution in [0.25, 0.3) is 77.0 Å². The number of benzene rings is 6. The summed E-state index contributed by atoms with van der Waals surface area (Å²) >= 11 is 0. The first kappa shape index (κ1) is 24.5. The summed E-state index contributed by atoms with van der Waals surface area (Å²) in [5.74, 6) is 0. The van der Waals surface area contributed by atoms with Gasteiger partial charge in [-0.1, -0.05) is 122 Å². The Morgan fingerprint density at radius 3 is 1.70 bits per heavy atom. The van der Waals surface area contributed by atoms with Crippen molar-refractivity contribution in [3.63, 3.8) is 0 Å². The van der Waals surface area contributed by atoms with Crippen LogP contribution in [0.2, 0.25) is 13.1 Å². The van der Waals surface area contributed by atoms with Crippen LogP contribution in [0, 0.1) is 0 Å². The molecule has 6 aromatic carbocycles. The van der Waals surface area contributed by atoms with Crippen LogP contribution >= 0.6 is 0 Å². The van der Waals surface area contributed by atoms with E-state index in [9.17, 15) is 0 Å². The Bertz CT molecular complexity index is 2440. The van der Waals surface area contributed by atoms with Gasteiger partial charge in [0.2, 0.25) is 0 Å². The molecule has 3 heterocycles. The summed E-state index contributed by atoms with van der Waals surface area (Å²) in [4.78, 5) is 10.6. The topological polar surface area (TPSA) is 25.8 Å².